The molecule has 0 N–H and O–H groups in total. The molecular formula is C15H16FN3O. The van der Waals surface area contributed by atoms with Gasteiger partial charge in [0.15, 0.2) is 6.29 Å². The van der Waals surface area contributed by atoms with E-state index in [1.165, 1.54) is 17.2 Å². The number of nitrogens with zero attached hydrogens (tertiary/aromatic N) is 3. The molecule has 0 radical (unpaired) electrons. The van der Waals surface area contributed by atoms with E-state index in [0.29, 0.717) is 17.7 Å². The summed E-state index contributed by atoms with van der Waals surface area (Å²) < 4.78 is 15.5. The third kappa shape index (κ3) is 2.24. The van der Waals surface area contributed by atoms with Crippen LogP contribution in [0.25, 0.3) is 5.69 Å². The molecule has 1 heterocycles. The lowest BCUT2D eigenvalue weighted by atomic mass is 9.86. The van der Waals surface area contributed by atoms with Gasteiger partial charge in [-0.15, -0.1) is 5.10 Å². The Hall–Kier alpha value is -2.04. The predicted molar refractivity (Wildman–Crippen MR) is 72.5 cm³/mol. The van der Waals surface area contributed by atoms with Gasteiger partial charge in [-0.05, 0) is 25.0 Å². The zero-order chi connectivity index (χ0) is 13.9. The first-order valence-electron chi connectivity index (χ1n) is 6.97. The molecule has 1 aromatic heterocycles. The monoisotopic (exact) mass is 273 g/mol. The molecule has 0 unspecified atom stereocenters. The smallest absolute Gasteiger partial charge is 0.172 e. The van der Waals surface area contributed by atoms with E-state index in [1.807, 2.05) is 0 Å². The number of para-hydroxylation sites is 1. The highest BCUT2D eigenvalue weighted by Gasteiger charge is 2.25. The molecule has 1 aliphatic carbocycles. The minimum Gasteiger partial charge on any atom is -0.296 e. The number of aldehydes is 1. The zero-order valence-electron chi connectivity index (χ0n) is 11.1. The van der Waals surface area contributed by atoms with Crippen molar-refractivity contribution in [1.29, 1.82) is 0 Å². The normalized spacial score (nSPS) is 16.2. The maximum Gasteiger partial charge on any atom is 0.172 e. The molecule has 104 valence electrons. The Balaban J connectivity index is 2.09. The van der Waals surface area contributed by atoms with Gasteiger partial charge in [0.2, 0.25) is 0 Å². The highest BCUT2D eigenvalue weighted by Crippen LogP contribution is 2.34. The average molecular weight is 273 g/mol. The zero-order valence-corrected chi connectivity index (χ0v) is 11.1. The lowest BCUT2D eigenvalue weighted by Crippen LogP contribution is -2.13. The van der Waals surface area contributed by atoms with E-state index in [9.17, 15) is 9.18 Å². The first kappa shape index (κ1) is 13.0. The van der Waals surface area contributed by atoms with Crippen LogP contribution >= 0.6 is 0 Å². The minimum atomic E-state index is -0.355. The van der Waals surface area contributed by atoms with Crippen molar-refractivity contribution in [2.75, 3.05) is 0 Å². The van der Waals surface area contributed by atoms with Gasteiger partial charge in [0, 0.05) is 5.92 Å². The maximum atomic E-state index is 14.0. The van der Waals surface area contributed by atoms with Crippen LogP contribution in [0.15, 0.2) is 24.3 Å². The van der Waals surface area contributed by atoms with E-state index in [1.54, 1.807) is 18.2 Å². The second-order valence-electron chi connectivity index (χ2n) is 5.18. The molecule has 20 heavy (non-hydrogen) atoms. The highest BCUT2D eigenvalue weighted by atomic mass is 19.1. The molecule has 0 aliphatic heterocycles. The maximum absolute atomic E-state index is 14.0. The summed E-state index contributed by atoms with van der Waals surface area (Å²) in [6.45, 7) is 0. The Bertz CT molecular complexity index is 617. The van der Waals surface area contributed by atoms with E-state index >= 15 is 0 Å². The SMILES string of the molecule is O=Cc1nnn(-c2ccccc2F)c1C1CCCCC1. The third-order valence-electron chi connectivity index (χ3n) is 3.92. The number of aromatic nitrogens is 3. The summed E-state index contributed by atoms with van der Waals surface area (Å²) >= 11 is 0. The minimum absolute atomic E-state index is 0.235. The highest BCUT2D eigenvalue weighted by molar-refractivity contribution is 5.74. The van der Waals surface area contributed by atoms with Crippen LogP contribution < -0.4 is 0 Å². The van der Waals surface area contributed by atoms with Gasteiger partial charge in [-0.3, -0.25) is 4.79 Å². The Morgan fingerprint density at radius 1 is 1.20 bits per heavy atom. The van der Waals surface area contributed by atoms with Gasteiger partial charge < -0.3 is 0 Å². The van der Waals surface area contributed by atoms with Crippen molar-refractivity contribution in [1.82, 2.24) is 15.0 Å². The van der Waals surface area contributed by atoms with Crippen LogP contribution in [0.3, 0.4) is 0 Å². The Labute approximate surface area is 116 Å². The van der Waals surface area contributed by atoms with E-state index in [4.69, 9.17) is 0 Å². The van der Waals surface area contributed by atoms with Crippen LogP contribution in [0.4, 0.5) is 4.39 Å². The molecule has 0 saturated heterocycles. The molecule has 3 rings (SSSR count). The Morgan fingerprint density at radius 3 is 2.65 bits per heavy atom. The second kappa shape index (κ2) is 5.53. The first-order chi connectivity index (χ1) is 9.81. The third-order valence-corrected chi connectivity index (χ3v) is 3.92. The molecule has 0 spiro atoms. The molecule has 4 nitrogen and oxygen atoms in total. The molecule has 1 aromatic carbocycles. The van der Waals surface area contributed by atoms with Gasteiger partial charge in [-0.2, -0.15) is 0 Å². The Kier molecular flexibility index (Phi) is 3.58. The molecular weight excluding hydrogens is 257 g/mol. The van der Waals surface area contributed by atoms with Crippen LogP contribution in [0.5, 0.6) is 0 Å². The molecule has 1 saturated carbocycles. The van der Waals surface area contributed by atoms with Crippen molar-refractivity contribution in [3.8, 4) is 5.69 Å². The van der Waals surface area contributed by atoms with Gasteiger partial charge in [0.05, 0.1) is 5.69 Å². The fourth-order valence-electron chi connectivity index (χ4n) is 2.94. The number of carbonyl (C=O) groups is 1. The van der Waals surface area contributed by atoms with Crippen LogP contribution in [0, 0.1) is 5.82 Å². The van der Waals surface area contributed by atoms with Gasteiger partial charge in [-0.25, -0.2) is 9.07 Å². The van der Waals surface area contributed by atoms with Crippen molar-refractivity contribution >= 4 is 6.29 Å². The largest absolute Gasteiger partial charge is 0.296 e. The van der Waals surface area contributed by atoms with Gasteiger partial charge in [0.1, 0.15) is 17.2 Å². The van der Waals surface area contributed by atoms with Gasteiger partial charge >= 0.3 is 0 Å². The van der Waals surface area contributed by atoms with Crippen molar-refractivity contribution in [3.05, 3.63) is 41.5 Å². The van der Waals surface area contributed by atoms with Crippen LogP contribution in [0.2, 0.25) is 0 Å². The van der Waals surface area contributed by atoms with Crippen LogP contribution in [-0.2, 0) is 0 Å². The summed E-state index contributed by atoms with van der Waals surface area (Å²) in [6.07, 6.45) is 6.20. The fourth-order valence-corrected chi connectivity index (χ4v) is 2.94. The van der Waals surface area contributed by atoms with E-state index in [2.05, 4.69) is 10.3 Å². The van der Waals surface area contributed by atoms with Gasteiger partial charge in [0.25, 0.3) is 0 Å². The number of carbonyl (C=O) groups excluding carboxylic acids is 1. The second-order valence-corrected chi connectivity index (χ2v) is 5.18. The summed E-state index contributed by atoms with van der Waals surface area (Å²) in [4.78, 5) is 11.2. The molecule has 1 aliphatic rings. The summed E-state index contributed by atoms with van der Waals surface area (Å²) in [5, 5.41) is 7.89. The summed E-state index contributed by atoms with van der Waals surface area (Å²) in [6, 6.07) is 6.44. The molecule has 5 heteroatoms. The van der Waals surface area contributed by atoms with E-state index < -0.39 is 0 Å². The number of rotatable bonds is 3. The predicted octanol–water partition coefficient (Wildman–Crippen LogP) is 3.27. The lowest BCUT2D eigenvalue weighted by molar-refractivity contribution is 0.111. The van der Waals surface area contributed by atoms with E-state index in [0.717, 1.165) is 31.4 Å². The fraction of sp³-hybridized carbons (Fsp3) is 0.400. The van der Waals surface area contributed by atoms with Crippen LogP contribution in [-0.4, -0.2) is 21.3 Å². The molecule has 0 amide bonds. The number of benzene rings is 1. The molecule has 0 atom stereocenters. The Morgan fingerprint density at radius 2 is 1.95 bits per heavy atom. The topological polar surface area (TPSA) is 47.8 Å². The van der Waals surface area contributed by atoms with E-state index in [-0.39, 0.29) is 11.7 Å². The number of halogens is 1. The number of hydrogen-bond acceptors (Lipinski definition) is 3. The standard InChI is InChI=1S/C15H16FN3O/c16-12-8-4-5-9-14(12)19-15(13(10-20)17-18-19)11-6-2-1-3-7-11/h4-5,8-11H,1-3,6-7H2. The quantitative estimate of drug-likeness (QED) is 0.806. The van der Waals surface area contributed by atoms with Crippen LogP contribution in [0.1, 0.15) is 54.2 Å². The summed E-state index contributed by atoms with van der Waals surface area (Å²) in [5.41, 5.74) is 1.44. The first-order valence-corrected chi connectivity index (χ1v) is 6.97. The molecule has 2 aromatic rings. The van der Waals surface area contributed by atoms with Crippen molar-refractivity contribution in [3.63, 3.8) is 0 Å². The van der Waals surface area contributed by atoms with Crippen molar-refractivity contribution in [2.24, 2.45) is 0 Å². The summed E-state index contributed by atoms with van der Waals surface area (Å²) in [5.74, 6) is -0.120. The van der Waals surface area contributed by atoms with Crippen molar-refractivity contribution < 1.29 is 9.18 Å². The van der Waals surface area contributed by atoms with Crippen molar-refractivity contribution in [2.45, 2.75) is 38.0 Å². The summed E-state index contributed by atoms with van der Waals surface area (Å²) in [7, 11) is 0. The molecule has 1 fully saturated rings. The average Bonchev–Trinajstić information content (AvgIpc) is 2.92. The molecule has 0 bridgehead atoms. The lowest BCUT2D eigenvalue weighted by Gasteiger charge is -2.22. The van der Waals surface area contributed by atoms with Gasteiger partial charge in [-0.1, -0.05) is 36.6 Å². The number of hydrogen-bond donors (Lipinski definition) is 0.